The number of nitrogens with one attached hydrogen (secondary N) is 1. The number of carboxylic acids is 1. The van der Waals surface area contributed by atoms with Gasteiger partial charge in [0.1, 0.15) is 11.6 Å². The van der Waals surface area contributed by atoms with Crippen LogP contribution in [0.1, 0.15) is 79.3 Å². The van der Waals surface area contributed by atoms with Gasteiger partial charge in [-0.25, -0.2) is 9.07 Å². The second kappa shape index (κ2) is 13.3. The number of rotatable bonds is 13. The van der Waals surface area contributed by atoms with Gasteiger partial charge in [-0.15, -0.1) is 0 Å². The van der Waals surface area contributed by atoms with E-state index in [4.69, 9.17) is 9.84 Å². The van der Waals surface area contributed by atoms with Crippen LogP contribution in [-0.4, -0.2) is 56.3 Å². The normalized spacial score (nSPS) is 13.6. The minimum Gasteiger partial charge on any atom is -0.497 e. The van der Waals surface area contributed by atoms with Crippen molar-refractivity contribution in [1.82, 2.24) is 15.1 Å². The predicted molar refractivity (Wildman–Crippen MR) is 144 cm³/mol. The first kappa shape index (κ1) is 29.8. The van der Waals surface area contributed by atoms with Gasteiger partial charge in [0.15, 0.2) is 5.69 Å². The minimum atomic E-state index is -1.18. The average molecular weight is 542 g/mol. The Labute approximate surface area is 227 Å². The number of aliphatic carboxylic acids is 1. The van der Waals surface area contributed by atoms with Crippen molar-refractivity contribution in [2.24, 2.45) is 0 Å². The molecule has 1 heterocycles. The quantitative estimate of drug-likeness (QED) is 0.255. The van der Waals surface area contributed by atoms with E-state index in [-0.39, 0.29) is 42.8 Å². The second-order valence-electron chi connectivity index (χ2n) is 9.90. The molecule has 0 aliphatic heterocycles. The number of hydrogen-bond donors (Lipinski definition) is 4. The standard InChI is InChI=1S/C29H36FN3O6/c1-17(2)27-25(13-12-22(34)15-23(35)16-26(36)37)33(21-10-8-20(30)9-11-21)32-28(27)29(38)31-18(3)19-6-5-7-24(14-19)39-4/h5-11,14,17-18,22-23,34-35H,12-13,15-16H2,1-4H3,(H,31,38)(H,36,37)/t18?,22-,23-/m1/s1. The number of methoxy groups -OCH3 is 1. The van der Waals surface area contributed by atoms with Crippen molar-refractivity contribution in [1.29, 1.82) is 0 Å². The monoisotopic (exact) mass is 541 g/mol. The summed E-state index contributed by atoms with van der Waals surface area (Å²) in [4.78, 5) is 24.4. The molecule has 1 unspecified atom stereocenters. The molecule has 0 saturated carbocycles. The molecular formula is C29H36FN3O6. The van der Waals surface area contributed by atoms with Crippen LogP contribution in [0.5, 0.6) is 5.75 Å². The van der Waals surface area contributed by atoms with E-state index in [2.05, 4.69) is 10.4 Å². The largest absolute Gasteiger partial charge is 0.497 e. The van der Waals surface area contributed by atoms with Crippen molar-refractivity contribution in [2.75, 3.05) is 7.11 Å². The summed E-state index contributed by atoms with van der Waals surface area (Å²) in [6.45, 7) is 5.73. The molecule has 0 spiro atoms. The van der Waals surface area contributed by atoms with Crippen LogP contribution in [0.3, 0.4) is 0 Å². The zero-order chi connectivity index (χ0) is 28.7. The van der Waals surface area contributed by atoms with E-state index in [0.717, 1.165) is 5.56 Å². The summed E-state index contributed by atoms with van der Waals surface area (Å²) in [6, 6.07) is 12.8. The van der Waals surface area contributed by atoms with Crippen LogP contribution in [0, 0.1) is 5.82 Å². The molecule has 1 amide bonds. The molecule has 4 N–H and O–H groups in total. The van der Waals surface area contributed by atoms with Gasteiger partial charge in [-0.2, -0.15) is 5.10 Å². The van der Waals surface area contributed by atoms with Gasteiger partial charge in [0.05, 0.1) is 37.5 Å². The smallest absolute Gasteiger partial charge is 0.305 e. The summed E-state index contributed by atoms with van der Waals surface area (Å²) in [5, 5.41) is 36.9. The molecule has 3 rings (SSSR count). The number of carbonyl (C=O) groups excluding carboxylic acids is 1. The number of ether oxygens (including phenoxy) is 1. The van der Waals surface area contributed by atoms with Crippen LogP contribution in [0.2, 0.25) is 0 Å². The van der Waals surface area contributed by atoms with E-state index in [0.29, 0.717) is 22.7 Å². The number of amides is 1. The van der Waals surface area contributed by atoms with Crippen molar-refractivity contribution in [3.05, 3.63) is 76.9 Å². The van der Waals surface area contributed by atoms with Gasteiger partial charge in [-0.05, 0) is 74.1 Å². The molecule has 1 aromatic heterocycles. The first-order valence-corrected chi connectivity index (χ1v) is 12.9. The lowest BCUT2D eigenvalue weighted by molar-refractivity contribution is -0.139. The molecule has 3 aromatic rings. The number of aromatic nitrogens is 2. The highest BCUT2D eigenvalue weighted by atomic mass is 19.1. The van der Waals surface area contributed by atoms with E-state index in [1.165, 1.54) is 12.1 Å². The molecule has 9 nitrogen and oxygen atoms in total. The second-order valence-corrected chi connectivity index (χ2v) is 9.90. The van der Waals surface area contributed by atoms with Gasteiger partial charge in [0.25, 0.3) is 5.91 Å². The zero-order valence-electron chi connectivity index (χ0n) is 22.6. The van der Waals surface area contributed by atoms with Gasteiger partial charge in [0, 0.05) is 11.3 Å². The van der Waals surface area contributed by atoms with E-state index in [1.54, 1.807) is 23.9 Å². The Morgan fingerprint density at radius 3 is 2.38 bits per heavy atom. The Hall–Kier alpha value is -3.76. The molecule has 39 heavy (non-hydrogen) atoms. The number of aliphatic hydroxyl groups excluding tert-OH is 2. The maximum atomic E-state index is 13.7. The first-order valence-electron chi connectivity index (χ1n) is 12.9. The maximum absolute atomic E-state index is 13.7. The van der Waals surface area contributed by atoms with Crippen molar-refractivity contribution in [3.8, 4) is 11.4 Å². The molecule has 0 aliphatic rings. The number of nitrogens with zero attached hydrogens (tertiary/aromatic N) is 2. The molecule has 10 heteroatoms. The molecule has 0 fully saturated rings. The fourth-order valence-electron chi connectivity index (χ4n) is 4.56. The third-order valence-electron chi connectivity index (χ3n) is 6.50. The highest BCUT2D eigenvalue weighted by molar-refractivity contribution is 5.94. The average Bonchev–Trinajstić information content (AvgIpc) is 3.27. The van der Waals surface area contributed by atoms with Crippen molar-refractivity contribution < 1.29 is 34.0 Å². The van der Waals surface area contributed by atoms with Gasteiger partial charge in [-0.3, -0.25) is 9.59 Å². The van der Waals surface area contributed by atoms with Crippen LogP contribution in [0.25, 0.3) is 5.69 Å². The molecule has 0 aliphatic carbocycles. The van der Waals surface area contributed by atoms with Gasteiger partial charge >= 0.3 is 5.97 Å². The summed E-state index contributed by atoms with van der Waals surface area (Å²) in [7, 11) is 1.57. The molecule has 2 aromatic carbocycles. The van der Waals surface area contributed by atoms with Crippen LogP contribution >= 0.6 is 0 Å². The van der Waals surface area contributed by atoms with Crippen LogP contribution < -0.4 is 10.1 Å². The molecule has 3 atom stereocenters. The van der Waals surface area contributed by atoms with Gasteiger partial charge in [0.2, 0.25) is 0 Å². The summed E-state index contributed by atoms with van der Waals surface area (Å²) >= 11 is 0. The summed E-state index contributed by atoms with van der Waals surface area (Å²) in [5.74, 6) is -1.38. The lowest BCUT2D eigenvalue weighted by atomic mass is 9.95. The Balaban J connectivity index is 1.94. The Morgan fingerprint density at radius 1 is 1.08 bits per heavy atom. The third kappa shape index (κ3) is 7.87. The van der Waals surface area contributed by atoms with Crippen molar-refractivity contribution >= 4 is 11.9 Å². The summed E-state index contributed by atoms with van der Waals surface area (Å²) in [6.07, 6.45) is -2.22. The van der Waals surface area contributed by atoms with E-state index >= 15 is 0 Å². The molecule has 210 valence electrons. The van der Waals surface area contributed by atoms with Gasteiger partial charge in [-0.1, -0.05) is 26.0 Å². The predicted octanol–water partition coefficient (Wildman–Crippen LogP) is 4.15. The van der Waals surface area contributed by atoms with Crippen LogP contribution in [0.4, 0.5) is 4.39 Å². The van der Waals surface area contributed by atoms with Crippen LogP contribution in [-0.2, 0) is 11.2 Å². The summed E-state index contributed by atoms with van der Waals surface area (Å²) < 4.78 is 20.5. The molecule has 0 bridgehead atoms. The third-order valence-corrected chi connectivity index (χ3v) is 6.50. The zero-order valence-corrected chi connectivity index (χ0v) is 22.6. The Kier molecular flexibility index (Phi) is 10.2. The highest BCUT2D eigenvalue weighted by Gasteiger charge is 2.27. The lowest BCUT2D eigenvalue weighted by Crippen LogP contribution is -2.28. The van der Waals surface area contributed by atoms with E-state index in [1.807, 2.05) is 45.0 Å². The number of aliphatic hydroxyl groups is 2. The number of hydrogen-bond acceptors (Lipinski definition) is 6. The highest BCUT2D eigenvalue weighted by Crippen LogP contribution is 2.29. The Morgan fingerprint density at radius 2 is 1.77 bits per heavy atom. The number of carboxylic acid groups (broad SMARTS) is 1. The molecule has 0 saturated heterocycles. The molecular weight excluding hydrogens is 505 g/mol. The molecule has 0 radical (unpaired) electrons. The topological polar surface area (TPSA) is 134 Å². The fraction of sp³-hybridized carbons (Fsp3) is 0.414. The van der Waals surface area contributed by atoms with Crippen LogP contribution in [0.15, 0.2) is 48.5 Å². The number of benzene rings is 2. The van der Waals surface area contributed by atoms with E-state index in [9.17, 15) is 24.2 Å². The van der Waals surface area contributed by atoms with Gasteiger partial charge < -0.3 is 25.4 Å². The summed E-state index contributed by atoms with van der Waals surface area (Å²) in [5.41, 5.74) is 2.98. The van der Waals surface area contributed by atoms with Crippen molar-refractivity contribution in [2.45, 2.75) is 70.6 Å². The fourth-order valence-corrected chi connectivity index (χ4v) is 4.56. The maximum Gasteiger partial charge on any atom is 0.305 e. The first-order chi connectivity index (χ1) is 18.5. The van der Waals surface area contributed by atoms with E-state index < -0.39 is 30.4 Å². The number of halogens is 1. The Bertz CT molecular complexity index is 1270. The number of carbonyl (C=O) groups is 2. The SMILES string of the molecule is COc1cccc(C(C)NC(=O)c2nn(-c3ccc(F)cc3)c(CC[C@@H](O)C[C@@H](O)CC(=O)O)c2C(C)C)c1. The minimum absolute atomic E-state index is 0.0978. The lowest BCUT2D eigenvalue weighted by Gasteiger charge is -2.17. The van der Waals surface area contributed by atoms with Crippen molar-refractivity contribution in [3.63, 3.8) is 0 Å².